The normalized spacial score (nSPS) is 15.8. The average molecular weight is 419 g/mol. The highest BCUT2D eigenvalue weighted by Gasteiger charge is 2.32. The molecular weight excluding hydrogens is 394 g/mol. The zero-order chi connectivity index (χ0) is 21.6. The van der Waals surface area contributed by atoms with Crippen molar-refractivity contribution in [3.8, 4) is 0 Å². The first-order chi connectivity index (χ1) is 15.1. The Kier molecular flexibility index (Phi) is 6.37. The van der Waals surface area contributed by atoms with E-state index in [-0.39, 0.29) is 24.3 Å². The van der Waals surface area contributed by atoms with Crippen LogP contribution >= 0.6 is 0 Å². The van der Waals surface area contributed by atoms with E-state index >= 15 is 0 Å². The van der Waals surface area contributed by atoms with Gasteiger partial charge in [0.2, 0.25) is 17.7 Å². The number of fused-ring (bicyclic) bond motifs is 1. The molecule has 8 heteroatoms. The van der Waals surface area contributed by atoms with Crippen LogP contribution in [0.15, 0.2) is 59.1 Å². The van der Waals surface area contributed by atoms with Gasteiger partial charge in [-0.05, 0) is 23.1 Å². The van der Waals surface area contributed by atoms with Crippen molar-refractivity contribution < 1.29 is 14.1 Å². The Morgan fingerprint density at radius 2 is 1.84 bits per heavy atom. The van der Waals surface area contributed by atoms with Crippen LogP contribution in [0.1, 0.15) is 28.4 Å². The second-order valence-corrected chi connectivity index (χ2v) is 7.55. The minimum absolute atomic E-state index is 0.0397. The molecule has 8 nitrogen and oxygen atoms in total. The van der Waals surface area contributed by atoms with E-state index in [1.807, 2.05) is 47.4 Å². The summed E-state index contributed by atoms with van der Waals surface area (Å²) in [6.45, 7) is 1.40. The highest BCUT2D eigenvalue weighted by atomic mass is 16.5. The molecule has 1 aliphatic rings. The quantitative estimate of drug-likeness (QED) is 0.603. The number of amides is 2. The molecule has 2 heterocycles. The van der Waals surface area contributed by atoms with Crippen LogP contribution < -0.4 is 10.6 Å². The summed E-state index contributed by atoms with van der Waals surface area (Å²) in [6.07, 6.45) is 0.663. The van der Waals surface area contributed by atoms with E-state index in [2.05, 4.69) is 32.9 Å². The van der Waals surface area contributed by atoms with Crippen LogP contribution in [-0.2, 0) is 42.1 Å². The fourth-order valence-corrected chi connectivity index (χ4v) is 3.77. The topological polar surface area (TPSA) is 100 Å². The van der Waals surface area contributed by atoms with Crippen molar-refractivity contribution >= 4 is 11.8 Å². The highest BCUT2D eigenvalue weighted by Crippen LogP contribution is 2.24. The lowest BCUT2D eigenvalue weighted by molar-refractivity contribution is -0.127. The van der Waals surface area contributed by atoms with Gasteiger partial charge in [0, 0.05) is 20.1 Å². The van der Waals surface area contributed by atoms with Gasteiger partial charge in [-0.2, -0.15) is 4.98 Å². The van der Waals surface area contributed by atoms with Gasteiger partial charge in [0.1, 0.15) is 0 Å². The second kappa shape index (κ2) is 9.53. The maximum Gasteiger partial charge on any atom is 0.240 e. The largest absolute Gasteiger partial charge is 0.358 e. The van der Waals surface area contributed by atoms with Gasteiger partial charge in [-0.15, -0.1) is 0 Å². The number of carbonyl (C=O) groups excluding carboxylic acids is 2. The lowest BCUT2D eigenvalue weighted by atomic mass is 9.93. The maximum absolute atomic E-state index is 12.4. The Morgan fingerprint density at radius 1 is 1.10 bits per heavy atom. The minimum Gasteiger partial charge on any atom is -0.358 e. The molecule has 0 radical (unpaired) electrons. The smallest absolute Gasteiger partial charge is 0.240 e. The Morgan fingerprint density at radius 3 is 2.61 bits per heavy atom. The lowest BCUT2D eigenvalue weighted by Gasteiger charge is -2.34. The fraction of sp³-hybridized carbons (Fsp3) is 0.304. The zero-order valence-electron chi connectivity index (χ0n) is 17.4. The van der Waals surface area contributed by atoms with Gasteiger partial charge < -0.3 is 15.2 Å². The minimum atomic E-state index is -0.315. The van der Waals surface area contributed by atoms with E-state index in [0.717, 1.165) is 5.56 Å². The molecule has 1 atom stereocenters. The molecule has 160 valence electrons. The van der Waals surface area contributed by atoms with Gasteiger partial charge in [-0.1, -0.05) is 59.8 Å². The molecular formula is C23H25N5O3. The summed E-state index contributed by atoms with van der Waals surface area (Å²) in [5, 5.41) is 9.53. The molecule has 1 aliphatic heterocycles. The summed E-state index contributed by atoms with van der Waals surface area (Å²) in [7, 11) is 1.64. The van der Waals surface area contributed by atoms with E-state index in [1.54, 1.807) is 7.05 Å². The van der Waals surface area contributed by atoms with Crippen molar-refractivity contribution in [1.29, 1.82) is 0 Å². The summed E-state index contributed by atoms with van der Waals surface area (Å²) < 4.78 is 5.37. The summed E-state index contributed by atoms with van der Waals surface area (Å²) in [6, 6.07) is 17.5. The molecule has 3 aromatic rings. The molecule has 0 spiro atoms. The summed E-state index contributed by atoms with van der Waals surface area (Å²) in [5.74, 6) is 0.495. The van der Waals surface area contributed by atoms with Crippen LogP contribution in [0.3, 0.4) is 0 Å². The molecule has 0 bridgehead atoms. The number of nitrogens with one attached hydrogen (secondary N) is 2. The molecule has 0 fully saturated rings. The van der Waals surface area contributed by atoms with E-state index in [0.29, 0.717) is 37.8 Å². The van der Waals surface area contributed by atoms with Crippen molar-refractivity contribution in [2.45, 2.75) is 38.5 Å². The Balaban J connectivity index is 1.38. The third-order valence-corrected chi connectivity index (χ3v) is 5.39. The van der Waals surface area contributed by atoms with Gasteiger partial charge in [-0.25, -0.2) is 0 Å². The van der Waals surface area contributed by atoms with Crippen LogP contribution in [-0.4, -0.2) is 39.9 Å². The first-order valence-corrected chi connectivity index (χ1v) is 10.3. The van der Waals surface area contributed by atoms with Crippen LogP contribution in [0.2, 0.25) is 0 Å². The zero-order valence-corrected chi connectivity index (χ0v) is 17.4. The van der Waals surface area contributed by atoms with Gasteiger partial charge in [0.25, 0.3) is 0 Å². The Labute approximate surface area is 180 Å². The number of benzene rings is 2. The van der Waals surface area contributed by atoms with Crippen molar-refractivity contribution in [3.05, 3.63) is 83.0 Å². The lowest BCUT2D eigenvalue weighted by Crippen LogP contribution is -2.49. The third kappa shape index (κ3) is 5.16. The van der Waals surface area contributed by atoms with E-state index in [1.165, 1.54) is 11.1 Å². The molecule has 0 saturated carbocycles. The van der Waals surface area contributed by atoms with E-state index in [9.17, 15) is 9.59 Å². The first-order valence-electron chi connectivity index (χ1n) is 10.3. The van der Waals surface area contributed by atoms with Gasteiger partial charge in [0.15, 0.2) is 5.82 Å². The van der Waals surface area contributed by atoms with Crippen LogP contribution in [0.4, 0.5) is 0 Å². The molecule has 2 N–H and O–H groups in total. The monoisotopic (exact) mass is 419 g/mol. The molecule has 4 rings (SSSR count). The SMILES string of the molecule is CNC(=O)[C@@H]1Cc2ccccc2CN1Cc1nc(CC(=O)NCc2ccccc2)no1. The van der Waals surface area contributed by atoms with Crippen LogP contribution in [0, 0.1) is 0 Å². The van der Waals surface area contributed by atoms with Gasteiger partial charge in [0.05, 0.1) is 19.0 Å². The number of hydrogen-bond acceptors (Lipinski definition) is 6. The predicted octanol–water partition coefficient (Wildman–Crippen LogP) is 1.60. The number of rotatable bonds is 7. The molecule has 0 unspecified atom stereocenters. The van der Waals surface area contributed by atoms with Crippen LogP contribution in [0.25, 0.3) is 0 Å². The molecule has 0 aliphatic carbocycles. The number of hydrogen-bond donors (Lipinski definition) is 2. The summed E-state index contributed by atoms with van der Waals surface area (Å²) in [5.41, 5.74) is 3.38. The first kappa shape index (κ1) is 20.7. The third-order valence-electron chi connectivity index (χ3n) is 5.39. The van der Waals surface area contributed by atoms with E-state index < -0.39 is 0 Å². The molecule has 1 aromatic heterocycles. The van der Waals surface area contributed by atoms with Gasteiger partial charge in [-0.3, -0.25) is 14.5 Å². The highest BCUT2D eigenvalue weighted by molar-refractivity contribution is 5.82. The Hall–Kier alpha value is -3.52. The van der Waals surface area contributed by atoms with Gasteiger partial charge >= 0.3 is 0 Å². The van der Waals surface area contributed by atoms with E-state index in [4.69, 9.17) is 4.52 Å². The van der Waals surface area contributed by atoms with Crippen molar-refractivity contribution in [2.24, 2.45) is 0 Å². The fourth-order valence-electron chi connectivity index (χ4n) is 3.77. The predicted molar refractivity (Wildman–Crippen MR) is 114 cm³/mol. The second-order valence-electron chi connectivity index (χ2n) is 7.55. The van der Waals surface area contributed by atoms with Crippen molar-refractivity contribution in [1.82, 2.24) is 25.7 Å². The standard InChI is InChI=1S/C23H25N5O3/c1-24-23(30)19-11-17-9-5-6-10-18(17)14-28(19)15-22-26-20(27-31-22)12-21(29)25-13-16-7-3-2-4-8-16/h2-10,19H,11-15H2,1H3,(H,24,30)(H,25,29)/t19-/m0/s1. The molecule has 0 saturated heterocycles. The van der Waals surface area contributed by atoms with Crippen molar-refractivity contribution in [2.75, 3.05) is 7.05 Å². The summed E-state index contributed by atoms with van der Waals surface area (Å²) in [4.78, 5) is 31.0. The number of likely N-dealkylation sites (N-methyl/N-ethyl adjacent to an activating group) is 1. The molecule has 31 heavy (non-hydrogen) atoms. The van der Waals surface area contributed by atoms with Crippen molar-refractivity contribution in [3.63, 3.8) is 0 Å². The number of aromatic nitrogens is 2. The summed E-state index contributed by atoms with van der Waals surface area (Å²) >= 11 is 0. The number of nitrogens with zero attached hydrogens (tertiary/aromatic N) is 3. The number of carbonyl (C=O) groups is 2. The van der Waals surface area contributed by atoms with Crippen LogP contribution in [0.5, 0.6) is 0 Å². The molecule has 2 amide bonds. The molecule has 2 aromatic carbocycles. The Bertz CT molecular complexity index is 1050. The maximum atomic E-state index is 12.4. The average Bonchev–Trinajstić information content (AvgIpc) is 3.24.